The van der Waals surface area contributed by atoms with E-state index in [-0.39, 0.29) is 10.8 Å². The summed E-state index contributed by atoms with van der Waals surface area (Å²) in [5.41, 5.74) is 5.15. The zero-order valence-electron chi connectivity index (χ0n) is 26.2. The lowest BCUT2D eigenvalue weighted by atomic mass is 9.49. The van der Waals surface area contributed by atoms with Crippen molar-refractivity contribution < 1.29 is 14.3 Å². The van der Waals surface area contributed by atoms with Gasteiger partial charge in [0.05, 0.1) is 20.0 Å². The molecule has 0 radical (unpaired) electrons. The van der Waals surface area contributed by atoms with Crippen molar-refractivity contribution in [3.05, 3.63) is 71.5 Å². The number of likely N-dealkylation sites (tertiary alicyclic amines) is 1. The van der Waals surface area contributed by atoms with Gasteiger partial charge in [-0.3, -0.25) is 4.79 Å². The second kappa shape index (κ2) is 11.3. The molecule has 2 heterocycles. The Kier molecular flexibility index (Phi) is 7.51. The summed E-state index contributed by atoms with van der Waals surface area (Å²) < 4.78 is 13.8. The maximum absolute atomic E-state index is 14.0. The number of carbonyl (C=O) groups is 1. The van der Waals surface area contributed by atoms with Crippen molar-refractivity contribution in [2.45, 2.75) is 78.2 Å². The Bertz CT molecular complexity index is 1450. The minimum absolute atomic E-state index is 0.241. The molecule has 1 saturated heterocycles. The van der Waals surface area contributed by atoms with E-state index in [9.17, 15) is 4.79 Å². The topological polar surface area (TPSA) is 56.6 Å². The van der Waals surface area contributed by atoms with Crippen LogP contribution in [0.15, 0.2) is 65.9 Å². The van der Waals surface area contributed by atoms with Gasteiger partial charge in [-0.15, -0.1) is 0 Å². The molecule has 1 aliphatic heterocycles. The zero-order valence-corrected chi connectivity index (χ0v) is 26.2. The number of Topliss-reactive ketones (excluding diaryl/α,β-unsaturated/α-hetero) is 1. The number of aryl methyl sites for hydroxylation is 1. The summed E-state index contributed by atoms with van der Waals surface area (Å²) in [4.78, 5) is 20.7. The van der Waals surface area contributed by atoms with E-state index in [2.05, 4.69) is 52.6 Å². The Morgan fingerprint density at radius 2 is 1.95 bits per heavy atom. The van der Waals surface area contributed by atoms with Gasteiger partial charge in [0.25, 0.3) is 0 Å². The Hall–Kier alpha value is -3.28. The number of fused-ring (bicyclic) bond motifs is 5. The lowest BCUT2D eigenvalue weighted by Crippen LogP contribution is -2.49. The van der Waals surface area contributed by atoms with Crippen LogP contribution in [-0.2, 0) is 11.3 Å². The fourth-order valence-electron chi connectivity index (χ4n) is 9.31. The number of allylic oxidation sites excluding steroid dienone is 5. The predicted octanol–water partition coefficient (Wildman–Crippen LogP) is 7.48. The normalized spacial score (nSPS) is 32.6. The van der Waals surface area contributed by atoms with Gasteiger partial charge in [-0.05, 0) is 122 Å². The quantitative estimate of drug-likeness (QED) is 0.239. The summed E-state index contributed by atoms with van der Waals surface area (Å²) in [6.45, 7) is 8.73. The molecule has 2 aromatic rings. The summed E-state index contributed by atoms with van der Waals surface area (Å²) in [7, 11) is 1.68. The van der Waals surface area contributed by atoms with Crippen molar-refractivity contribution in [2.75, 3.05) is 26.8 Å². The predicted molar refractivity (Wildman–Crippen MR) is 170 cm³/mol. The maximum Gasteiger partial charge on any atom is 0.165 e. The van der Waals surface area contributed by atoms with Gasteiger partial charge in [0.1, 0.15) is 0 Å². The van der Waals surface area contributed by atoms with Gasteiger partial charge in [-0.2, -0.15) is 0 Å². The smallest absolute Gasteiger partial charge is 0.165 e. The van der Waals surface area contributed by atoms with E-state index in [1.54, 1.807) is 24.6 Å². The molecule has 0 N–H and O–H groups in total. The summed E-state index contributed by atoms with van der Waals surface area (Å²) in [5, 5.41) is 0. The SMILES string of the molecule is COc1cc(/C=C2\C[C@H]3[C@@H]4CC=C5C=C(N6CCCC6)CC[C@]5(C)[C@H]4CC[C@]3(C)C2=O)ccc1OCCCn1ccnc1. The molecule has 5 aliphatic rings. The highest BCUT2D eigenvalue weighted by molar-refractivity contribution is 6.06. The van der Waals surface area contributed by atoms with Crippen LogP contribution >= 0.6 is 0 Å². The van der Waals surface area contributed by atoms with Crippen LogP contribution in [0.25, 0.3) is 6.08 Å². The average Bonchev–Trinajstić information content (AvgIpc) is 3.79. The second-order valence-electron chi connectivity index (χ2n) is 14.1. The number of benzene rings is 1. The fourth-order valence-corrected chi connectivity index (χ4v) is 9.31. The van der Waals surface area contributed by atoms with Crippen molar-refractivity contribution >= 4 is 11.9 Å². The van der Waals surface area contributed by atoms with Crippen molar-refractivity contribution in [1.82, 2.24) is 14.5 Å². The third-order valence-corrected chi connectivity index (χ3v) is 11.8. The number of ketones is 1. The summed E-state index contributed by atoms with van der Waals surface area (Å²) in [5.74, 6) is 3.49. The van der Waals surface area contributed by atoms with Gasteiger partial charge in [0.2, 0.25) is 0 Å². The monoisotopic (exact) mass is 581 g/mol. The van der Waals surface area contributed by atoms with Crippen LogP contribution in [0.1, 0.15) is 77.2 Å². The lowest BCUT2D eigenvalue weighted by Gasteiger charge is -2.55. The molecule has 1 aromatic carbocycles. The summed E-state index contributed by atoms with van der Waals surface area (Å²) in [6, 6.07) is 6.06. The third kappa shape index (κ3) is 5.05. The number of carbonyl (C=O) groups excluding carboxylic acids is 1. The maximum atomic E-state index is 14.0. The van der Waals surface area contributed by atoms with Crippen molar-refractivity contribution in [1.29, 1.82) is 0 Å². The van der Waals surface area contributed by atoms with E-state index in [0.717, 1.165) is 55.5 Å². The van der Waals surface area contributed by atoms with E-state index in [1.807, 2.05) is 24.7 Å². The van der Waals surface area contributed by atoms with Gasteiger partial charge in [0, 0.05) is 43.1 Å². The Balaban J connectivity index is 1.07. The first-order valence-corrected chi connectivity index (χ1v) is 16.6. The number of methoxy groups -OCH3 is 1. The van der Waals surface area contributed by atoms with Crippen LogP contribution in [0.4, 0.5) is 0 Å². The molecule has 7 rings (SSSR count). The van der Waals surface area contributed by atoms with Crippen LogP contribution in [0.3, 0.4) is 0 Å². The molecule has 228 valence electrons. The highest BCUT2D eigenvalue weighted by atomic mass is 16.5. The second-order valence-corrected chi connectivity index (χ2v) is 14.1. The van der Waals surface area contributed by atoms with Gasteiger partial charge in [-0.1, -0.05) is 26.0 Å². The number of rotatable bonds is 8. The first-order valence-electron chi connectivity index (χ1n) is 16.6. The van der Waals surface area contributed by atoms with Crippen LogP contribution in [0.5, 0.6) is 11.5 Å². The zero-order chi connectivity index (χ0) is 29.6. The minimum Gasteiger partial charge on any atom is -0.493 e. The van der Waals surface area contributed by atoms with E-state index >= 15 is 0 Å². The Morgan fingerprint density at radius 3 is 2.74 bits per heavy atom. The standard InChI is InChI=1S/C37H47N3O3/c1-36-13-11-29(40-17-4-5-18-40)24-28(36)8-9-30-31(36)12-14-37(2)32(30)23-27(35(37)41)21-26-7-10-33(34(22-26)42-3)43-20-6-16-39-19-15-38-25-39/h7-8,10,15,19,21-22,24-25,30-32H,4-6,9,11-14,16-18,20,23H2,1-3H3/b27-21+/t30-,31+,32+,36+,37+/m1/s1. The Morgan fingerprint density at radius 1 is 1.09 bits per heavy atom. The molecule has 5 atom stereocenters. The van der Waals surface area contributed by atoms with Crippen LogP contribution in [-0.4, -0.2) is 47.0 Å². The molecule has 1 aromatic heterocycles. The highest BCUT2D eigenvalue weighted by Crippen LogP contribution is 2.64. The van der Waals surface area contributed by atoms with Crippen LogP contribution in [0, 0.1) is 28.6 Å². The highest BCUT2D eigenvalue weighted by Gasteiger charge is 2.59. The summed E-state index contributed by atoms with van der Waals surface area (Å²) >= 11 is 0. The van der Waals surface area contributed by atoms with E-state index in [1.165, 1.54) is 38.8 Å². The van der Waals surface area contributed by atoms with Crippen molar-refractivity contribution in [3.63, 3.8) is 0 Å². The number of aromatic nitrogens is 2. The molecule has 0 unspecified atom stereocenters. The fraction of sp³-hybridized carbons (Fsp3) is 0.568. The van der Waals surface area contributed by atoms with Crippen molar-refractivity contribution in [3.8, 4) is 11.5 Å². The molecule has 43 heavy (non-hydrogen) atoms. The number of hydrogen-bond acceptors (Lipinski definition) is 5. The van der Waals surface area contributed by atoms with Crippen LogP contribution < -0.4 is 9.47 Å². The lowest BCUT2D eigenvalue weighted by molar-refractivity contribution is -0.129. The largest absolute Gasteiger partial charge is 0.493 e. The van der Waals surface area contributed by atoms with E-state index in [4.69, 9.17) is 9.47 Å². The number of imidazole rings is 1. The first-order chi connectivity index (χ1) is 20.9. The molecule has 6 heteroatoms. The van der Waals surface area contributed by atoms with Crippen LogP contribution in [0.2, 0.25) is 0 Å². The first kappa shape index (κ1) is 28.5. The van der Waals surface area contributed by atoms with Gasteiger partial charge < -0.3 is 18.9 Å². The molecular formula is C37H47N3O3. The van der Waals surface area contributed by atoms with Gasteiger partial charge >= 0.3 is 0 Å². The van der Waals surface area contributed by atoms with Gasteiger partial charge in [-0.25, -0.2) is 4.98 Å². The molecule has 2 saturated carbocycles. The molecule has 0 spiro atoms. The van der Waals surface area contributed by atoms with E-state index < -0.39 is 0 Å². The number of hydrogen-bond donors (Lipinski definition) is 0. The van der Waals surface area contributed by atoms with Crippen molar-refractivity contribution in [2.24, 2.45) is 28.6 Å². The molecule has 0 bridgehead atoms. The minimum atomic E-state index is -0.248. The number of ether oxygens (including phenoxy) is 2. The summed E-state index contributed by atoms with van der Waals surface area (Å²) in [6.07, 6.45) is 23.0. The molecule has 3 fully saturated rings. The third-order valence-electron chi connectivity index (χ3n) is 11.8. The molecule has 6 nitrogen and oxygen atoms in total. The Labute approximate surface area is 256 Å². The van der Waals surface area contributed by atoms with E-state index in [0.29, 0.717) is 35.9 Å². The van der Waals surface area contributed by atoms with Gasteiger partial charge in [0.15, 0.2) is 17.3 Å². The average molecular weight is 582 g/mol. The molecule has 0 amide bonds. The molecule has 4 aliphatic carbocycles. The molecular weight excluding hydrogens is 534 g/mol. The number of nitrogens with zero attached hydrogens (tertiary/aromatic N) is 3.